The van der Waals surface area contributed by atoms with Gasteiger partial charge in [-0.2, -0.15) is 0 Å². The summed E-state index contributed by atoms with van der Waals surface area (Å²) in [7, 11) is 0. The molecular weight excluding hydrogens is 725 g/mol. The van der Waals surface area contributed by atoms with Crippen molar-refractivity contribution in [1.82, 2.24) is 20.5 Å². The zero-order valence-electron chi connectivity index (χ0n) is 31.9. The molecule has 5 aromatic rings. The first kappa shape index (κ1) is 39.6. The van der Waals surface area contributed by atoms with Gasteiger partial charge in [0.15, 0.2) is 0 Å². The second kappa shape index (κ2) is 18.5. The lowest BCUT2D eigenvalue weighted by atomic mass is 9.63. The summed E-state index contributed by atoms with van der Waals surface area (Å²) in [5.74, 6) is 1.25. The summed E-state index contributed by atoms with van der Waals surface area (Å²) in [4.78, 5) is 30.7. The van der Waals surface area contributed by atoms with Gasteiger partial charge in [0.25, 0.3) is 0 Å². The number of amides is 1. The van der Waals surface area contributed by atoms with Crippen LogP contribution in [0.3, 0.4) is 0 Å². The number of aromatic nitrogens is 1. The average Bonchev–Trinajstić information content (AvgIpc) is 3.77. The van der Waals surface area contributed by atoms with Gasteiger partial charge in [-0.1, -0.05) is 74.6 Å². The highest BCUT2D eigenvalue weighted by Gasteiger charge is 2.51. The molecule has 3 aliphatic heterocycles. The predicted octanol–water partition coefficient (Wildman–Crippen LogP) is 8.25. The zero-order valence-corrected chi connectivity index (χ0v) is 32.7. The van der Waals surface area contributed by atoms with Crippen molar-refractivity contribution < 1.29 is 24.9 Å². The second-order valence-electron chi connectivity index (χ2n) is 15.4. The van der Waals surface area contributed by atoms with Crippen LogP contribution in [0.25, 0.3) is 21.3 Å². The molecule has 3 atom stereocenters. The molecule has 1 amide bonds. The maximum Gasteiger partial charge on any atom is 0.405 e. The molecule has 0 aliphatic carbocycles. The number of phenolic OH excluding ortho intramolecular Hbond substituents is 1. The predicted molar refractivity (Wildman–Crippen MR) is 223 cm³/mol. The van der Waals surface area contributed by atoms with Crippen molar-refractivity contribution in [2.75, 3.05) is 39.3 Å². The molecule has 2 bridgehead atoms. The van der Waals surface area contributed by atoms with Crippen LogP contribution in [0.4, 0.5) is 4.79 Å². The van der Waals surface area contributed by atoms with E-state index >= 15 is 0 Å². The van der Waals surface area contributed by atoms with E-state index in [0.717, 1.165) is 111 Å². The molecule has 0 radical (unpaired) electrons. The molecule has 296 valence electrons. The van der Waals surface area contributed by atoms with Crippen LogP contribution < -0.4 is 20.9 Å². The molecule has 3 saturated heterocycles. The summed E-state index contributed by atoms with van der Waals surface area (Å²) < 4.78 is 6.49. The van der Waals surface area contributed by atoms with Crippen LogP contribution in [-0.4, -0.2) is 70.6 Å². The monoisotopic (exact) mass is 778 g/mol. The Balaban J connectivity index is 0.915. The number of aliphatic hydroxyl groups is 1. The molecule has 6 N–H and O–H groups in total. The van der Waals surface area contributed by atoms with Crippen molar-refractivity contribution in [2.24, 2.45) is 11.8 Å². The first-order valence-corrected chi connectivity index (χ1v) is 21.0. The minimum atomic E-state index is -1.02. The Hall–Kier alpha value is -4.68. The first-order chi connectivity index (χ1) is 27.3. The van der Waals surface area contributed by atoms with Gasteiger partial charge in [0.05, 0.1) is 23.8 Å². The molecular formula is C45H54N4O6S. The number of phenols is 1. The van der Waals surface area contributed by atoms with Crippen molar-refractivity contribution in [2.45, 2.75) is 69.4 Å². The van der Waals surface area contributed by atoms with E-state index in [0.29, 0.717) is 35.5 Å². The third-order valence-electron chi connectivity index (χ3n) is 11.8. The molecule has 0 saturated carbocycles. The summed E-state index contributed by atoms with van der Waals surface area (Å²) in [5, 5.41) is 40.5. The Morgan fingerprint density at radius 3 is 2.39 bits per heavy atom. The number of nitrogens with one attached hydrogen (secondary N) is 3. The summed E-state index contributed by atoms with van der Waals surface area (Å²) in [6.07, 6.45) is 7.92. The Labute approximate surface area is 332 Å². The number of hydrogen-bond acceptors (Lipinski definition) is 8. The number of rotatable bonds is 19. The van der Waals surface area contributed by atoms with Crippen LogP contribution in [0.1, 0.15) is 80.6 Å². The molecule has 0 spiro atoms. The minimum Gasteiger partial charge on any atom is -0.506 e. The van der Waals surface area contributed by atoms with Gasteiger partial charge < -0.3 is 40.6 Å². The quantitative estimate of drug-likeness (QED) is 0.0460. The van der Waals surface area contributed by atoms with Gasteiger partial charge in [0.1, 0.15) is 11.5 Å². The maximum absolute atomic E-state index is 12.7. The summed E-state index contributed by atoms with van der Waals surface area (Å²) in [5.41, 5.74) is 2.72. The minimum absolute atomic E-state index is 0.0140. The number of nitrogens with zero attached hydrogens (tertiary/aromatic N) is 1. The lowest BCUT2D eigenvalue weighted by Crippen LogP contribution is -2.61. The van der Waals surface area contributed by atoms with Gasteiger partial charge in [-0.05, 0) is 115 Å². The molecule has 5 heterocycles. The number of carbonyl (C=O) groups is 1. The van der Waals surface area contributed by atoms with E-state index in [2.05, 4.69) is 62.3 Å². The Morgan fingerprint density at radius 2 is 1.68 bits per heavy atom. The van der Waals surface area contributed by atoms with E-state index in [4.69, 9.17) is 4.74 Å². The van der Waals surface area contributed by atoms with E-state index < -0.39 is 17.7 Å². The normalized spacial score (nSPS) is 19.4. The van der Waals surface area contributed by atoms with E-state index in [1.807, 2.05) is 24.3 Å². The molecule has 56 heavy (non-hydrogen) atoms. The van der Waals surface area contributed by atoms with Crippen molar-refractivity contribution in [3.8, 4) is 21.9 Å². The lowest BCUT2D eigenvalue weighted by molar-refractivity contribution is 0.00717. The Bertz CT molecular complexity index is 2100. The fourth-order valence-corrected chi connectivity index (χ4v) is 9.69. The van der Waals surface area contributed by atoms with Crippen LogP contribution in [0.15, 0.2) is 95.1 Å². The van der Waals surface area contributed by atoms with Crippen molar-refractivity contribution in [3.05, 3.63) is 117 Å². The summed E-state index contributed by atoms with van der Waals surface area (Å²) in [6.45, 7) is 4.77. The van der Waals surface area contributed by atoms with E-state index in [1.165, 1.54) is 12.1 Å². The smallest absolute Gasteiger partial charge is 0.405 e. The average molecular weight is 779 g/mol. The SMILES string of the molecule is O=C(O)NC(c1ccccc1)(c1cc(OCCCCCCCCCNCC(O)c2ccc(O)c3[nH]c(=O)ccc23)cc(-c2cccs2)c1)C1CN2CCC1CC2. The first-order valence-electron chi connectivity index (χ1n) is 20.2. The van der Waals surface area contributed by atoms with Crippen LogP contribution in [0.2, 0.25) is 0 Å². The summed E-state index contributed by atoms with van der Waals surface area (Å²) >= 11 is 1.68. The van der Waals surface area contributed by atoms with Crippen LogP contribution in [0.5, 0.6) is 11.5 Å². The van der Waals surface area contributed by atoms with Gasteiger partial charge >= 0.3 is 6.09 Å². The highest BCUT2D eigenvalue weighted by molar-refractivity contribution is 7.13. The number of benzene rings is 3. The number of aliphatic hydroxyl groups excluding tert-OH is 1. The maximum atomic E-state index is 12.7. The molecule has 3 fully saturated rings. The number of ether oxygens (including phenoxy) is 1. The van der Waals surface area contributed by atoms with Gasteiger partial charge in [0, 0.05) is 35.3 Å². The number of fused-ring (bicyclic) bond motifs is 4. The second-order valence-corrected chi connectivity index (χ2v) is 16.3. The van der Waals surface area contributed by atoms with Crippen molar-refractivity contribution in [3.63, 3.8) is 0 Å². The topological polar surface area (TPSA) is 147 Å². The Kier molecular flexibility index (Phi) is 13.1. The molecule has 3 aromatic carbocycles. The third kappa shape index (κ3) is 9.13. The van der Waals surface area contributed by atoms with Crippen molar-refractivity contribution in [1.29, 1.82) is 0 Å². The van der Waals surface area contributed by atoms with Crippen LogP contribution in [-0.2, 0) is 5.54 Å². The molecule has 8 rings (SSSR count). The number of unbranched alkanes of at least 4 members (excludes halogenated alkanes) is 6. The Morgan fingerprint density at radius 1 is 0.911 bits per heavy atom. The number of pyridine rings is 1. The fraction of sp³-hybridized carbons (Fsp3) is 0.422. The van der Waals surface area contributed by atoms with Gasteiger partial charge in [0.2, 0.25) is 5.56 Å². The number of aromatic hydroxyl groups is 1. The number of piperidine rings is 3. The number of H-pyrrole nitrogens is 1. The standard InChI is InChI=1S/C45H54N4O6S/c50-39-17-15-36(37-16-18-42(52)47-43(37)39)40(51)29-46-21-9-4-2-1-3-5-10-24-55-35-27-32(41-14-11-25-56-41)26-34(28-35)45(48-44(53)54,33-12-7-6-8-13-33)38-30-49-22-19-31(38)20-23-49/h6-8,11-18,25-28,31,38,40,46,48,50-51H,1-5,9-10,19-24,29-30H2,(H,47,52)(H,53,54). The van der Waals surface area contributed by atoms with Gasteiger partial charge in [-0.3, -0.25) is 4.79 Å². The van der Waals surface area contributed by atoms with Gasteiger partial charge in [-0.15, -0.1) is 11.3 Å². The van der Waals surface area contributed by atoms with Crippen LogP contribution in [0, 0.1) is 11.8 Å². The number of hydrogen-bond donors (Lipinski definition) is 6. The van der Waals surface area contributed by atoms with Crippen LogP contribution >= 0.6 is 11.3 Å². The molecule has 10 nitrogen and oxygen atoms in total. The van der Waals surface area contributed by atoms with E-state index in [9.17, 15) is 24.9 Å². The number of aromatic amines is 1. The molecule has 2 aromatic heterocycles. The number of carboxylic acid groups (broad SMARTS) is 1. The van der Waals surface area contributed by atoms with E-state index in [1.54, 1.807) is 23.5 Å². The highest BCUT2D eigenvalue weighted by atomic mass is 32.1. The highest BCUT2D eigenvalue weighted by Crippen LogP contribution is 2.48. The lowest BCUT2D eigenvalue weighted by Gasteiger charge is -2.53. The summed E-state index contributed by atoms with van der Waals surface area (Å²) in [6, 6.07) is 26.9. The zero-order chi connectivity index (χ0) is 38.9. The molecule has 3 unspecified atom stereocenters. The third-order valence-corrected chi connectivity index (χ3v) is 12.7. The van der Waals surface area contributed by atoms with Crippen molar-refractivity contribution >= 4 is 28.3 Å². The fourth-order valence-electron chi connectivity index (χ4n) is 8.98. The molecule has 3 aliphatic rings. The molecule has 11 heteroatoms. The number of thiophene rings is 1. The van der Waals surface area contributed by atoms with E-state index in [-0.39, 0.29) is 17.2 Å². The van der Waals surface area contributed by atoms with Gasteiger partial charge in [-0.25, -0.2) is 4.79 Å². The largest absolute Gasteiger partial charge is 0.506 e.